The standard InChI is InChI=1S/C19H21BrClN3O3S/c1-14(19(25)22-16-6-4-5-15(20)13-16)23-9-11-24(12-10-23)28(26,27)18-8-3-2-7-17(18)21/h2-8,13-14H,9-12H2,1H3,(H,22,25). The molecule has 3 rings (SSSR count). The first-order valence-corrected chi connectivity index (χ1v) is 11.5. The largest absolute Gasteiger partial charge is 0.325 e. The Morgan fingerprint density at radius 1 is 1.11 bits per heavy atom. The lowest BCUT2D eigenvalue weighted by Gasteiger charge is -2.36. The Kier molecular flexibility index (Phi) is 6.77. The van der Waals surface area contributed by atoms with Gasteiger partial charge in [0.25, 0.3) is 0 Å². The van der Waals surface area contributed by atoms with Gasteiger partial charge in [-0.3, -0.25) is 9.69 Å². The highest BCUT2D eigenvalue weighted by molar-refractivity contribution is 9.10. The number of rotatable bonds is 5. The van der Waals surface area contributed by atoms with Crippen LogP contribution < -0.4 is 5.32 Å². The van der Waals surface area contributed by atoms with E-state index in [1.54, 1.807) is 18.2 Å². The molecule has 1 saturated heterocycles. The highest BCUT2D eigenvalue weighted by Crippen LogP contribution is 2.25. The first kappa shape index (κ1) is 21.3. The van der Waals surface area contributed by atoms with Gasteiger partial charge in [0, 0.05) is 36.3 Å². The summed E-state index contributed by atoms with van der Waals surface area (Å²) in [5, 5.41) is 3.11. The molecule has 0 bridgehead atoms. The van der Waals surface area contributed by atoms with Gasteiger partial charge < -0.3 is 5.32 Å². The molecule has 2 aromatic rings. The van der Waals surface area contributed by atoms with Crippen LogP contribution in [0.4, 0.5) is 5.69 Å². The summed E-state index contributed by atoms with van der Waals surface area (Å²) >= 11 is 9.45. The number of hydrogen-bond acceptors (Lipinski definition) is 4. The molecule has 150 valence electrons. The molecule has 0 aromatic heterocycles. The van der Waals surface area contributed by atoms with Crippen molar-refractivity contribution in [2.45, 2.75) is 17.9 Å². The maximum absolute atomic E-state index is 12.8. The van der Waals surface area contributed by atoms with E-state index in [1.165, 1.54) is 10.4 Å². The van der Waals surface area contributed by atoms with E-state index in [4.69, 9.17) is 11.6 Å². The second kappa shape index (κ2) is 8.92. The summed E-state index contributed by atoms with van der Waals surface area (Å²) in [5.41, 5.74) is 0.714. The predicted octanol–water partition coefficient (Wildman–Crippen LogP) is 3.44. The van der Waals surface area contributed by atoms with Crippen molar-refractivity contribution >= 4 is 49.1 Å². The summed E-state index contributed by atoms with van der Waals surface area (Å²) in [6, 6.07) is 13.5. The molecule has 1 heterocycles. The number of anilines is 1. The molecule has 1 fully saturated rings. The number of carbonyl (C=O) groups is 1. The van der Waals surface area contributed by atoms with E-state index < -0.39 is 10.0 Å². The zero-order chi connectivity index (χ0) is 20.3. The lowest BCUT2D eigenvalue weighted by molar-refractivity contribution is -0.121. The van der Waals surface area contributed by atoms with Crippen molar-refractivity contribution in [3.63, 3.8) is 0 Å². The number of carbonyl (C=O) groups excluding carboxylic acids is 1. The lowest BCUT2D eigenvalue weighted by atomic mass is 10.2. The predicted molar refractivity (Wildman–Crippen MR) is 114 cm³/mol. The third-order valence-electron chi connectivity index (χ3n) is 4.75. The van der Waals surface area contributed by atoms with Gasteiger partial charge in [-0.15, -0.1) is 0 Å². The van der Waals surface area contributed by atoms with Crippen molar-refractivity contribution in [2.24, 2.45) is 0 Å². The van der Waals surface area contributed by atoms with Crippen molar-refractivity contribution in [1.29, 1.82) is 0 Å². The van der Waals surface area contributed by atoms with E-state index in [9.17, 15) is 13.2 Å². The highest BCUT2D eigenvalue weighted by Gasteiger charge is 2.32. The van der Waals surface area contributed by atoms with E-state index in [2.05, 4.69) is 21.2 Å². The van der Waals surface area contributed by atoms with E-state index in [-0.39, 0.29) is 21.9 Å². The fraction of sp³-hybridized carbons (Fsp3) is 0.316. The van der Waals surface area contributed by atoms with Crippen molar-refractivity contribution in [3.8, 4) is 0 Å². The molecule has 1 aliphatic heterocycles. The minimum absolute atomic E-state index is 0.116. The molecule has 28 heavy (non-hydrogen) atoms. The van der Waals surface area contributed by atoms with Gasteiger partial charge in [-0.25, -0.2) is 8.42 Å². The van der Waals surface area contributed by atoms with Gasteiger partial charge in [-0.05, 0) is 37.3 Å². The number of hydrogen-bond donors (Lipinski definition) is 1. The number of halogens is 2. The lowest BCUT2D eigenvalue weighted by Crippen LogP contribution is -2.53. The van der Waals surface area contributed by atoms with E-state index in [1.807, 2.05) is 36.1 Å². The average Bonchev–Trinajstić information content (AvgIpc) is 2.67. The molecular weight excluding hydrogens is 466 g/mol. The van der Waals surface area contributed by atoms with Gasteiger partial charge in [0.1, 0.15) is 4.90 Å². The van der Waals surface area contributed by atoms with Crippen LogP contribution in [0, 0.1) is 0 Å². The molecular formula is C19H21BrClN3O3S. The molecule has 6 nitrogen and oxygen atoms in total. The molecule has 0 saturated carbocycles. The van der Waals surface area contributed by atoms with Crippen molar-refractivity contribution in [1.82, 2.24) is 9.21 Å². The SMILES string of the molecule is CC(C(=O)Nc1cccc(Br)c1)N1CCN(S(=O)(=O)c2ccccc2Cl)CC1. The first-order chi connectivity index (χ1) is 13.3. The minimum atomic E-state index is -3.65. The number of piperazine rings is 1. The Bertz CT molecular complexity index is 962. The van der Waals surface area contributed by atoms with Crippen LogP contribution in [0.25, 0.3) is 0 Å². The van der Waals surface area contributed by atoms with Gasteiger partial charge in [-0.1, -0.05) is 45.7 Å². The summed E-state index contributed by atoms with van der Waals surface area (Å²) < 4.78 is 28.0. The third kappa shape index (κ3) is 4.75. The van der Waals surface area contributed by atoms with Crippen LogP contribution in [0.2, 0.25) is 5.02 Å². The molecule has 9 heteroatoms. The molecule has 0 aliphatic carbocycles. The zero-order valence-electron chi connectivity index (χ0n) is 15.3. The van der Waals surface area contributed by atoms with Crippen LogP contribution in [0.5, 0.6) is 0 Å². The van der Waals surface area contributed by atoms with E-state index in [0.29, 0.717) is 31.9 Å². The van der Waals surface area contributed by atoms with Crippen LogP contribution in [0.3, 0.4) is 0 Å². The van der Waals surface area contributed by atoms with Crippen LogP contribution >= 0.6 is 27.5 Å². The number of benzene rings is 2. The molecule has 0 radical (unpaired) electrons. The highest BCUT2D eigenvalue weighted by atomic mass is 79.9. The number of nitrogens with one attached hydrogen (secondary N) is 1. The second-order valence-corrected chi connectivity index (χ2v) is 9.78. The van der Waals surface area contributed by atoms with Gasteiger partial charge >= 0.3 is 0 Å². The van der Waals surface area contributed by atoms with Crippen LogP contribution in [-0.4, -0.2) is 55.8 Å². The maximum atomic E-state index is 12.8. The van der Waals surface area contributed by atoms with Crippen LogP contribution in [0.1, 0.15) is 6.92 Å². The summed E-state index contributed by atoms with van der Waals surface area (Å²) in [6.07, 6.45) is 0. The van der Waals surface area contributed by atoms with Crippen molar-refractivity contribution in [3.05, 3.63) is 58.0 Å². The Morgan fingerprint density at radius 3 is 2.43 bits per heavy atom. The summed E-state index contributed by atoms with van der Waals surface area (Å²) in [7, 11) is -3.65. The summed E-state index contributed by atoms with van der Waals surface area (Å²) in [6.45, 7) is 3.38. The molecule has 1 aliphatic rings. The molecule has 1 amide bonds. The summed E-state index contributed by atoms with van der Waals surface area (Å²) in [4.78, 5) is 14.6. The normalized spacial score (nSPS) is 17.2. The minimum Gasteiger partial charge on any atom is -0.325 e. The fourth-order valence-electron chi connectivity index (χ4n) is 3.10. The molecule has 1 N–H and O–H groups in total. The topological polar surface area (TPSA) is 69.7 Å². The number of nitrogens with zero attached hydrogens (tertiary/aromatic N) is 2. The quantitative estimate of drug-likeness (QED) is 0.703. The van der Waals surface area contributed by atoms with Gasteiger partial charge in [0.15, 0.2) is 0 Å². The van der Waals surface area contributed by atoms with E-state index >= 15 is 0 Å². The Balaban J connectivity index is 1.61. The Labute approximate surface area is 178 Å². The molecule has 2 aromatic carbocycles. The van der Waals surface area contributed by atoms with Gasteiger partial charge in [0.2, 0.25) is 15.9 Å². The first-order valence-electron chi connectivity index (χ1n) is 8.84. The summed E-state index contributed by atoms with van der Waals surface area (Å²) in [5.74, 6) is -0.125. The van der Waals surface area contributed by atoms with Crippen LogP contribution in [-0.2, 0) is 14.8 Å². The number of sulfonamides is 1. The maximum Gasteiger partial charge on any atom is 0.244 e. The molecule has 0 spiro atoms. The average molecular weight is 487 g/mol. The fourth-order valence-corrected chi connectivity index (χ4v) is 5.42. The molecule has 1 unspecified atom stereocenters. The van der Waals surface area contributed by atoms with Crippen molar-refractivity contribution in [2.75, 3.05) is 31.5 Å². The second-order valence-electron chi connectivity index (χ2n) is 6.55. The number of amides is 1. The van der Waals surface area contributed by atoms with Gasteiger partial charge in [-0.2, -0.15) is 4.31 Å². The van der Waals surface area contributed by atoms with Crippen molar-refractivity contribution < 1.29 is 13.2 Å². The van der Waals surface area contributed by atoms with Gasteiger partial charge in [0.05, 0.1) is 11.1 Å². The Hall–Kier alpha value is -1.45. The third-order valence-corrected chi connectivity index (χ3v) is 7.64. The van der Waals surface area contributed by atoms with Crippen LogP contribution in [0.15, 0.2) is 57.9 Å². The monoisotopic (exact) mass is 485 g/mol. The Morgan fingerprint density at radius 2 is 1.79 bits per heavy atom. The molecule has 1 atom stereocenters. The smallest absolute Gasteiger partial charge is 0.244 e. The van der Waals surface area contributed by atoms with E-state index in [0.717, 1.165) is 4.47 Å². The zero-order valence-corrected chi connectivity index (χ0v) is 18.5.